The van der Waals surface area contributed by atoms with Crippen molar-refractivity contribution in [3.05, 3.63) is 65.3 Å². The van der Waals surface area contributed by atoms with Crippen LogP contribution in [0, 0.1) is 0 Å². The summed E-state index contributed by atoms with van der Waals surface area (Å²) in [6, 6.07) is 14.3. The third-order valence-electron chi connectivity index (χ3n) is 3.30. The molecule has 0 spiro atoms. The van der Waals surface area contributed by atoms with Crippen LogP contribution in [0.5, 0.6) is 5.75 Å². The van der Waals surface area contributed by atoms with E-state index in [9.17, 15) is 4.79 Å². The summed E-state index contributed by atoms with van der Waals surface area (Å²) in [6.45, 7) is 0. The Hall–Kier alpha value is -2.59. The number of carbonyl (C=O) groups is 1. The monoisotopic (exact) mass is 312 g/mol. The number of pyridine rings is 1. The second-order valence-electron chi connectivity index (χ2n) is 4.68. The number of para-hydroxylation sites is 1. The highest BCUT2D eigenvalue weighted by Gasteiger charge is 2.11. The van der Waals surface area contributed by atoms with Crippen molar-refractivity contribution < 1.29 is 9.53 Å². The minimum absolute atomic E-state index is 0.208. The Morgan fingerprint density at radius 1 is 1.18 bits per heavy atom. The molecule has 1 amide bonds. The Morgan fingerprint density at radius 3 is 2.77 bits per heavy atom. The summed E-state index contributed by atoms with van der Waals surface area (Å²) in [5.41, 5.74) is 1.96. The van der Waals surface area contributed by atoms with Crippen molar-refractivity contribution >= 4 is 34.1 Å². The van der Waals surface area contributed by atoms with Crippen molar-refractivity contribution in [1.82, 2.24) is 4.98 Å². The average Bonchev–Trinajstić information content (AvgIpc) is 2.54. The molecule has 4 nitrogen and oxygen atoms in total. The number of halogens is 1. The SMILES string of the molecule is COc1ccc(NC(=O)c2ccnc3ccccc23)cc1Cl. The Bertz CT molecular complexity index is 844. The number of methoxy groups -OCH3 is 1. The van der Waals surface area contributed by atoms with Gasteiger partial charge in [0.2, 0.25) is 0 Å². The number of anilines is 1. The first-order chi connectivity index (χ1) is 10.7. The molecule has 22 heavy (non-hydrogen) atoms. The average molecular weight is 313 g/mol. The Balaban J connectivity index is 1.92. The summed E-state index contributed by atoms with van der Waals surface area (Å²) in [5, 5.41) is 4.09. The number of aromatic nitrogens is 1. The van der Waals surface area contributed by atoms with Crippen LogP contribution in [0.15, 0.2) is 54.7 Å². The molecule has 0 aliphatic heterocycles. The molecule has 110 valence electrons. The van der Waals surface area contributed by atoms with Gasteiger partial charge in [-0.3, -0.25) is 9.78 Å². The van der Waals surface area contributed by atoms with Gasteiger partial charge in [0.05, 0.1) is 23.2 Å². The Kier molecular flexibility index (Phi) is 3.94. The number of hydrogen-bond acceptors (Lipinski definition) is 3. The first kappa shape index (κ1) is 14.4. The number of amides is 1. The largest absolute Gasteiger partial charge is 0.495 e. The number of ether oxygens (including phenoxy) is 1. The molecule has 2 aromatic carbocycles. The van der Waals surface area contributed by atoms with E-state index in [0.717, 1.165) is 10.9 Å². The van der Waals surface area contributed by atoms with Crippen LogP contribution in [0.25, 0.3) is 10.9 Å². The molecule has 0 unspecified atom stereocenters. The Morgan fingerprint density at radius 2 is 2.00 bits per heavy atom. The van der Waals surface area contributed by atoms with Crippen molar-refractivity contribution in [3.8, 4) is 5.75 Å². The number of carbonyl (C=O) groups excluding carboxylic acids is 1. The zero-order valence-corrected chi connectivity index (χ0v) is 12.6. The van der Waals surface area contributed by atoms with Crippen LogP contribution in [0.4, 0.5) is 5.69 Å². The van der Waals surface area contributed by atoms with E-state index in [-0.39, 0.29) is 5.91 Å². The lowest BCUT2D eigenvalue weighted by Gasteiger charge is -2.09. The van der Waals surface area contributed by atoms with Gasteiger partial charge >= 0.3 is 0 Å². The summed E-state index contributed by atoms with van der Waals surface area (Å²) >= 11 is 6.07. The number of fused-ring (bicyclic) bond motifs is 1. The summed E-state index contributed by atoms with van der Waals surface area (Å²) in [5.74, 6) is 0.355. The standard InChI is InChI=1S/C17H13ClN2O2/c1-22-16-7-6-11(10-14(16)18)20-17(21)13-8-9-19-15-5-3-2-4-12(13)15/h2-10H,1H3,(H,20,21). The van der Waals surface area contributed by atoms with E-state index in [0.29, 0.717) is 22.0 Å². The van der Waals surface area contributed by atoms with Gasteiger partial charge in [0, 0.05) is 17.3 Å². The number of nitrogens with one attached hydrogen (secondary N) is 1. The highest BCUT2D eigenvalue weighted by Crippen LogP contribution is 2.27. The van der Waals surface area contributed by atoms with Crippen molar-refractivity contribution in [3.63, 3.8) is 0 Å². The quantitative estimate of drug-likeness (QED) is 0.790. The zero-order chi connectivity index (χ0) is 15.5. The van der Waals surface area contributed by atoms with Crippen LogP contribution < -0.4 is 10.1 Å². The predicted octanol–water partition coefficient (Wildman–Crippen LogP) is 4.15. The fourth-order valence-corrected chi connectivity index (χ4v) is 2.49. The first-order valence-electron chi connectivity index (χ1n) is 6.67. The summed E-state index contributed by atoms with van der Waals surface area (Å²) in [7, 11) is 1.54. The van der Waals surface area contributed by atoms with Gasteiger partial charge in [0.1, 0.15) is 5.75 Å². The van der Waals surface area contributed by atoms with E-state index < -0.39 is 0 Å². The molecule has 0 bridgehead atoms. The molecule has 0 aliphatic rings. The van der Waals surface area contributed by atoms with Gasteiger partial charge in [-0.2, -0.15) is 0 Å². The van der Waals surface area contributed by atoms with Gasteiger partial charge < -0.3 is 10.1 Å². The second-order valence-corrected chi connectivity index (χ2v) is 5.09. The van der Waals surface area contributed by atoms with Crippen LogP contribution in [0.1, 0.15) is 10.4 Å². The molecular formula is C17H13ClN2O2. The van der Waals surface area contributed by atoms with Gasteiger partial charge in [-0.25, -0.2) is 0 Å². The third kappa shape index (κ3) is 2.73. The number of rotatable bonds is 3. The molecule has 0 saturated carbocycles. The molecule has 1 N–H and O–H groups in total. The molecule has 0 atom stereocenters. The summed E-state index contributed by atoms with van der Waals surface area (Å²) in [6.07, 6.45) is 1.62. The predicted molar refractivity (Wildman–Crippen MR) is 87.7 cm³/mol. The van der Waals surface area contributed by atoms with E-state index in [4.69, 9.17) is 16.3 Å². The minimum Gasteiger partial charge on any atom is -0.495 e. The van der Waals surface area contributed by atoms with Crippen molar-refractivity contribution in [2.45, 2.75) is 0 Å². The van der Waals surface area contributed by atoms with E-state index in [2.05, 4.69) is 10.3 Å². The zero-order valence-electron chi connectivity index (χ0n) is 11.8. The lowest BCUT2D eigenvalue weighted by atomic mass is 10.1. The van der Waals surface area contributed by atoms with Crippen molar-refractivity contribution in [2.75, 3.05) is 12.4 Å². The lowest BCUT2D eigenvalue weighted by molar-refractivity contribution is 0.102. The summed E-state index contributed by atoms with van der Waals surface area (Å²) in [4.78, 5) is 16.7. The van der Waals surface area contributed by atoms with Gasteiger partial charge in [0.25, 0.3) is 5.91 Å². The van der Waals surface area contributed by atoms with Crippen molar-refractivity contribution in [2.24, 2.45) is 0 Å². The molecule has 1 heterocycles. The van der Waals surface area contributed by atoms with Gasteiger partial charge in [-0.1, -0.05) is 29.8 Å². The Labute approximate surface area is 132 Å². The maximum Gasteiger partial charge on any atom is 0.256 e. The van der Waals surface area contributed by atoms with Crippen molar-refractivity contribution in [1.29, 1.82) is 0 Å². The number of nitrogens with zero attached hydrogens (tertiary/aromatic N) is 1. The fraction of sp³-hybridized carbons (Fsp3) is 0.0588. The van der Waals surface area contributed by atoms with Gasteiger partial charge in [0.15, 0.2) is 0 Å². The van der Waals surface area contributed by atoms with E-state index in [1.165, 1.54) is 0 Å². The molecule has 1 aromatic heterocycles. The highest BCUT2D eigenvalue weighted by atomic mass is 35.5. The van der Waals surface area contributed by atoms with Crippen LogP contribution in [0.3, 0.4) is 0 Å². The smallest absolute Gasteiger partial charge is 0.256 e. The van der Waals surface area contributed by atoms with E-state index in [1.807, 2.05) is 24.3 Å². The van der Waals surface area contributed by atoms with Crippen LogP contribution in [0.2, 0.25) is 5.02 Å². The molecule has 0 radical (unpaired) electrons. The fourth-order valence-electron chi connectivity index (χ4n) is 2.24. The lowest BCUT2D eigenvalue weighted by Crippen LogP contribution is -2.12. The second kappa shape index (κ2) is 6.03. The molecule has 3 rings (SSSR count). The highest BCUT2D eigenvalue weighted by molar-refractivity contribution is 6.32. The molecule has 0 saturated heterocycles. The normalized spacial score (nSPS) is 10.5. The molecule has 5 heteroatoms. The van der Waals surface area contributed by atoms with Gasteiger partial charge in [-0.05, 0) is 30.3 Å². The maximum atomic E-state index is 12.5. The third-order valence-corrected chi connectivity index (χ3v) is 3.60. The number of benzene rings is 2. The molecule has 3 aromatic rings. The molecular weight excluding hydrogens is 300 g/mol. The van der Waals surface area contributed by atoms with E-state index >= 15 is 0 Å². The topological polar surface area (TPSA) is 51.2 Å². The van der Waals surface area contributed by atoms with Crippen LogP contribution in [-0.2, 0) is 0 Å². The maximum absolute atomic E-state index is 12.5. The molecule has 0 fully saturated rings. The van der Waals surface area contributed by atoms with Crippen LogP contribution >= 0.6 is 11.6 Å². The summed E-state index contributed by atoms with van der Waals surface area (Å²) < 4.78 is 5.09. The van der Waals surface area contributed by atoms with Gasteiger partial charge in [-0.15, -0.1) is 0 Å². The number of hydrogen-bond donors (Lipinski definition) is 1. The molecule has 0 aliphatic carbocycles. The van der Waals surface area contributed by atoms with E-state index in [1.54, 1.807) is 37.6 Å². The minimum atomic E-state index is -0.208. The first-order valence-corrected chi connectivity index (χ1v) is 7.05. The van der Waals surface area contributed by atoms with Crippen LogP contribution in [-0.4, -0.2) is 18.0 Å².